The lowest BCUT2D eigenvalue weighted by Crippen LogP contribution is -2.27. The van der Waals surface area contributed by atoms with E-state index in [0.29, 0.717) is 6.54 Å². The van der Waals surface area contributed by atoms with Crippen LogP contribution in [0, 0.1) is 19.8 Å². The average molecular weight is 247 g/mol. The molecule has 2 rings (SSSR count). The molecule has 1 aliphatic rings. The molecule has 0 radical (unpaired) electrons. The molecule has 0 spiro atoms. The molecule has 0 bridgehead atoms. The molecule has 1 saturated heterocycles. The molecule has 0 N–H and O–H groups in total. The van der Waals surface area contributed by atoms with Crippen molar-refractivity contribution in [1.82, 2.24) is 0 Å². The zero-order valence-corrected chi connectivity index (χ0v) is 10.9. The lowest BCUT2D eigenvalue weighted by Gasteiger charge is -2.19. The number of aryl methyl sites for hydroxylation is 1. The molecule has 18 heavy (non-hydrogen) atoms. The van der Waals surface area contributed by atoms with Gasteiger partial charge in [0, 0.05) is 18.7 Å². The molecule has 1 amide bonds. The van der Waals surface area contributed by atoms with Crippen LogP contribution in [0.3, 0.4) is 0 Å². The summed E-state index contributed by atoms with van der Waals surface area (Å²) in [5.41, 5.74) is 3.12. The van der Waals surface area contributed by atoms with Crippen molar-refractivity contribution in [3.05, 3.63) is 29.3 Å². The molecule has 96 valence electrons. The largest absolute Gasteiger partial charge is 0.469 e. The maximum Gasteiger partial charge on any atom is 0.311 e. The number of methoxy groups -OCH3 is 1. The molecule has 1 aromatic carbocycles. The summed E-state index contributed by atoms with van der Waals surface area (Å²) < 4.78 is 4.70. The normalized spacial score (nSPS) is 19.2. The Balaban J connectivity index is 2.27. The Kier molecular flexibility index (Phi) is 3.36. The second-order valence-corrected chi connectivity index (χ2v) is 4.65. The number of anilines is 1. The number of hydrogen-bond acceptors (Lipinski definition) is 3. The van der Waals surface area contributed by atoms with Gasteiger partial charge >= 0.3 is 5.97 Å². The Labute approximate surface area is 107 Å². The fourth-order valence-electron chi connectivity index (χ4n) is 2.29. The van der Waals surface area contributed by atoms with Gasteiger partial charge in [-0.1, -0.05) is 12.1 Å². The molecule has 1 aliphatic heterocycles. The zero-order valence-electron chi connectivity index (χ0n) is 10.9. The van der Waals surface area contributed by atoms with Crippen molar-refractivity contribution >= 4 is 17.6 Å². The number of hydrogen-bond donors (Lipinski definition) is 0. The first-order chi connectivity index (χ1) is 8.54. The number of esters is 1. The number of rotatable bonds is 2. The van der Waals surface area contributed by atoms with E-state index in [4.69, 9.17) is 4.74 Å². The lowest BCUT2D eigenvalue weighted by molar-refractivity contribution is -0.145. The predicted molar refractivity (Wildman–Crippen MR) is 68.4 cm³/mol. The second kappa shape index (κ2) is 4.80. The molecule has 0 unspecified atom stereocenters. The van der Waals surface area contributed by atoms with E-state index in [2.05, 4.69) is 0 Å². The first-order valence-electron chi connectivity index (χ1n) is 5.99. The quantitative estimate of drug-likeness (QED) is 0.749. The highest BCUT2D eigenvalue weighted by atomic mass is 16.5. The number of ether oxygens (including phenoxy) is 1. The van der Waals surface area contributed by atoms with Crippen LogP contribution in [0.4, 0.5) is 5.69 Å². The van der Waals surface area contributed by atoms with Gasteiger partial charge < -0.3 is 9.64 Å². The van der Waals surface area contributed by atoms with Crippen molar-refractivity contribution in [1.29, 1.82) is 0 Å². The molecule has 0 aromatic heterocycles. The molecular weight excluding hydrogens is 230 g/mol. The third kappa shape index (κ3) is 2.10. The Bertz CT molecular complexity index is 496. The Morgan fingerprint density at radius 1 is 1.39 bits per heavy atom. The highest BCUT2D eigenvalue weighted by Crippen LogP contribution is 2.29. The zero-order chi connectivity index (χ0) is 13.3. The van der Waals surface area contributed by atoms with Crippen LogP contribution in [-0.4, -0.2) is 25.5 Å². The first kappa shape index (κ1) is 12.6. The Morgan fingerprint density at radius 2 is 2.11 bits per heavy atom. The minimum absolute atomic E-state index is 0.0147. The van der Waals surface area contributed by atoms with E-state index in [-0.39, 0.29) is 24.2 Å². The number of carbonyl (C=O) groups excluding carboxylic acids is 2. The van der Waals surface area contributed by atoms with Gasteiger partial charge in [0.25, 0.3) is 0 Å². The van der Waals surface area contributed by atoms with Gasteiger partial charge in [-0.2, -0.15) is 0 Å². The summed E-state index contributed by atoms with van der Waals surface area (Å²) in [4.78, 5) is 25.2. The second-order valence-electron chi connectivity index (χ2n) is 4.65. The minimum atomic E-state index is -0.345. The van der Waals surface area contributed by atoms with E-state index in [1.807, 2.05) is 32.0 Å². The summed E-state index contributed by atoms with van der Waals surface area (Å²) >= 11 is 0. The maximum absolute atomic E-state index is 12.0. The van der Waals surface area contributed by atoms with E-state index >= 15 is 0 Å². The molecule has 4 heteroatoms. The summed E-state index contributed by atoms with van der Waals surface area (Å²) in [5, 5.41) is 0. The predicted octanol–water partition coefficient (Wildman–Crippen LogP) is 1.83. The fourth-order valence-corrected chi connectivity index (χ4v) is 2.29. The van der Waals surface area contributed by atoms with Gasteiger partial charge in [0.15, 0.2) is 0 Å². The number of nitrogens with zero attached hydrogens (tertiary/aromatic N) is 1. The smallest absolute Gasteiger partial charge is 0.311 e. The van der Waals surface area contributed by atoms with Crippen molar-refractivity contribution in [3.63, 3.8) is 0 Å². The topological polar surface area (TPSA) is 46.6 Å². The van der Waals surface area contributed by atoms with Crippen LogP contribution in [0.1, 0.15) is 17.5 Å². The highest BCUT2D eigenvalue weighted by molar-refractivity contribution is 6.00. The van der Waals surface area contributed by atoms with E-state index in [1.54, 1.807) is 4.90 Å². The summed E-state index contributed by atoms with van der Waals surface area (Å²) in [6, 6.07) is 5.85. The third-order valence-electron chi connectivity index (χ3n) is 3.53. The average Bonchev–Trinajstić information content (AvgIpc) is 2.74. The molecular formula is C14H17NO3. The number of amides is 1. The highest BCUT2D eigenvalue weighted by Gasteiger charge is 2.36. The molecule has 1 heterocycles. The SMILES string of the molecule is COC(=O)[C@@H]1CC(=O)N(c2cccc(C)c2C)C1. The monoisotopic (exact) mass is 247 g/mol. The van der Waals surface area contributed by atoms with Gasteiger partial charge in [-0.3, -0.25) is 9.59 Å². The maximum atomic E-state index is 12.0. The Hall–Kier alpha value is -1.84. The van der Waals surface area contributed by atoms with Gasteiger partial charge in [-0.05, 0) is 31.0 Å². The summed E-state index contributed by atoms with van der Waals surface area (Å²) in [6.07, 6.45) is 0.236. The van der Waals surface area contributed by atoms with Crippen molar-refractivity contribution in [2.24, 2.45) is 5.92 Å². The van der Waals surface area contributed by atoms with Gasteiger partial charge in [0.2, 0.25) is 5.91 Å². The summed E-state index contributed by atoms with van der Waals surface area (Å²) in [7, 11) is 1.35. The molecule has 0 saturated carbocycles. The minimum Gasteiger partial charge on any atom is -0.469 e. The van der Waals surface area contributed by atoms with E-state index < -0.39 is 0 Å². The molecule has 1 aromatic rings. The van der Waals surface area contributed by atoms with Crippen LogP contribution in [0.2, 0.25) is 0 Å². The van der Waals surface area contributed by atoms with Crippen LogP contribution in [0.25, 0.3) is 0 Å². The number of carbonyl (C=O) groups is 2. The van der Waals surface area contributed by atoms with E-state index in [9.17, 15) is 9.59 Å². The van der Waals surface area contributed by atoms with Gasteiger partial charge in [0.1, 0.15) is 0 Å². The van der Waals surface area contributed by atoms with Crippen LogP contribution < -0.4 is 4.90 Å². The number of benzene rings is 1. The molecule has 1 fully saturated rings. The Morgan fingerprint density at radius 3 is 2.78 bits per heavy atom. The standard InChI is InChI=1S/C14H17NO3/c1-9-5-4-6-12(10(9)2)15-8-11(7-13(15)16)14(17)18-3/h4-6,11H,7-8H2,1-3H3/t11-/m1/s1. The molecule has 1 atom stereocenters. The lowest BCUT2D eigenvalue weighted by atomic mass is 10.1. The van der Waals surface area contributed by atoms with Crippen molar-refractivity contribution < 1.29 is 14.3 Å². The molecule has 4 nitrogen and oxygen atoms in total. The van der Waals surface area contributed by atoms with E-state index in [1.165, 1.54) is 7.11 Å². The molecule has 0 aliphatic carbocycles. The fraction of sp³-hybridized carbons (Fsp3) is 0.429. The van der Waals surface area contributed by atoms with Crippen molar-refractivity contribution in [2.45, 2.75) is 20.3 Å². The van der Waals surface area contributed by atoms with Crippen LogP contribution in [-0.2, 0) is 14.3 Å². The summed E-state index contributed by atoms with van der Waals surface area (Å²) in [6.45, 7) is 4.41. The van der Waals surface area contributed by atoms with Crippen LogP contribution >= 0.6 is 0 Å². The van der Waals surface area contributed by atoms with Gasteiger partial charge in [-0.25, -0.2) is 0 Å². The van der Waals surface area contributed by atoms with Gasteiger partial charge in [0.05, 0.1) is 13.0 Å². The van der Waals surface area contributed by atoms with Crippen molar-refractivity contribution in [2.75, 3.05) is 18.6 Å². The van der Waals surface area contributed by atoms with Crippen LogP contribution in [0.15, 0.2) is 18.2 Å². The van der Waals surface area contributed by atoms with Crippen molar-refractivity contribution in [3.8, 4) is 0 Å². The van der Waals surface area contributed by atoms with Crippen LogP contribution in [0.5, 0.6) is 0 Å². The summed E-state index contributed by atoms with van der Waals surface area (Å²) in [5.74, 6) is -0.669. The van der Waals surface area contributed by atoms with Gasteiger partial charge in [-0.15, -0.1) is 0 Å². The van der Waals surface area contributed by atoms with E-state index in [0.717, 1.165) is 16.8 Å². The third-order valence-corrected chi connectivity index (χ3v) is 3.53. The first-order valence-corrected chi connectivity index (χ1v) is 5.99.